The number of hydrazone groups is 1. The number of fused-ring (bicyclic) bond motifs is 1. The molecule has 1 aliphatic carbocycles. The van der Waals surface area contributed by atoms with E-state index in [1.807, 2.05) is 0 Å². The molecule has 0 aromatic carbocycles. The minimum absolute atomic E-state index is 0.0585. The van der Waals surface area contributed by atoms with E-state index >= 15 is 0 Å². The van der Waals surface area contributed by atoms with Crippen molar-refractivity contribution in [2.45, 2.75) is 57.5 Å². The molecule has 0 radical (unpaired) electrons. The fourth-order valence-corrected chi connectivity index (χ4v) is 2.20. The number of nitrogens with zero attached hydrogens (tertiary/aromatic N) is 1. The average molecular weight is 210 g/mol. The van der Waals surface area contributed by atoms with Crippen LogP contribution in [0.2, 0.25) is 0 Å². The van der Waals surface area contributed by atoms with Crippen LogP contribution in [-0.2, 0) is 4.74 Å². The Morgan fingerprint density at radius 2 is 1.87 bits per heavy atom. The van der Waals surface area contributed by atoms with Crippen LogP contribution in [0.4, 0.5) is 4.79 Å². The van der Waals surface area contributed by atoms with Crippen LogP contribution in [0.5, 0.6) is 0 Å². The second kappa shape index (κ2) is 5.14. The van der Waals surface area contributed by atoms with Crippen LogP contribution in [0.15, 0.2) is 5.10 Å². The lowest BCUT2D eigenvalue weighted by atomic mass is 9.97. The fraction of sp³-hybridized carbons (Fsp3) is 0.818. The van der Waals surface area contributed by atoms with Crippen molar-refractivity contribution in [3.8, 4) is 0 Å². The second-order valence-corrected chi connectivity index (χ2v) is 4.27. The zero-order valence-electron chi connectivity index (χ0n) is 9.00. The van der Waals surface area contributed by atoms with Gasteiger partial charge < -0.3 is 4.74 Å². The summed E-state index contributed by atoms with van der Waals surface area (Å²) in [4.78, 5) is 11.0. The standard InChI is InChI=1S/C11H18N2O2/c14-11-13-12-9-7-5-3-1-2-4-6-8-10(9)15-11/h10H,1-8H2,(H,13,14). The third-order valence-corrected chi connectivity index (χ3v) is 3.06. The SMILES string of the molecule is O=C1NN=C2CCCCCCCCC2O1. The predicted octanol–water partition coefficient (Wildman–Crippen LogP) is 2.59. The Hall–Kier alpha value is -1.06. The highest BCUT2D eigenvalue weighted by Gasteiger charge is 2.24. The third-order valence-electron chi connectivity index (χ3n) is 3.06. The lowest BCUT2D eigenvalue weighted by Crippen LogP contribution is -2.38. The molecule has 1 atom stereocenters. The van der Waals surface area contributed by atoms with Crippen LogP contribution >= 0.6 is 0 Å². The highest BCUT2D eigenvalue weighted by Crippen LogP contribution is 2.19. The number of hydrogen-bond acceptors (Lipinski definition) is 3. The van der Waals surface area contributed by atoms with E-state index in [4.69, 9.17) is 4.74 Å². The molecule has 0 bridgehead atoms. The van der Waals surface area contributed by atoms with Crippen LogP contribution < -0.4 is 5.43 Å². The maximum Gasteiger partial charge on any atom is 0.428 e. The summed E-state index contributed by atoms with van der Waals surface area (Å²) < 4.78 is 5.24. The molecule has 1 N–H and O–H groups in total. The predicted molar refractivity (Wildman–Crippen MR) is 57.8 cm³/mol. The summed E-state index contributed by atoms with van der Waals surface area (Å²) in [6, 6.07) is 0. The first-order chi connectivity index (χ1) is 7.36. The zero-order chi connectivity index (χ0) is 10.5. The molecule has 4 nitrogen and oxygen atoms in total. The number of amides is 1. The van der Waals surface area contributed by atoms with Crippen LogP contribution in [-0.4, -0.2) is 17.9 Å². The zero-order valence-corrected chi connectivity index (χ0v) is 9.00. The lowest BCUT2D eigenvalue weighted by Gasteiger charge is -2.24. The molecule has 84 valence electrons. The number of ether oxygens (including phenoxy) is 1. The van der Waals surface area contributed by atoms with Gasteiger partial charge in [0.05, 0.1) is 5.71 Å². The fourth-order valence-electron chi connectivity index (χ4n) is 2.20. The molecule has 15 heavy (non-hydrogen) atoms. The molecule has 1 amide bonds. The lowest BCUT2D eigenvalue weighted by molar-refractivity contribution is 0.113. The summed E-state index contributed by atoms with van der Waals surface area (Å²) in [6.07, 6.45) is 8.88. The maximum atomic E-state index is 11.0. The molecule has 2 rings (SSSR count). The van der Waals surface area contributed by atoms with E-state index in [-0.39, 0.29) is 6.10 Å². The van der Waals surface area contributed by atoms with Crippen molar-refractivity contribution >= 4 is 11.8 Å². The first-order valence-corrected chi connectivity index (χ1v) is 5.89. The van der Waals surface area contributed by atoms with Crippen molar-refractivity contribution < 1.29 is 9.53 Å². The highest BCUT2D eigenvalue weighted by molar-refractivity contribution is 5.92. The van der Waals surface area contributed by atoms with Gasteiger partial charge in [0.25, 0.3) is 0 Å². The van der Waals surface area contributed by atoms with Crippen molar-refractivity contribution in [3.63, 3.8) is 0 Å². The van der Waals surface area contributed by atoms with Gasteiger partial charge in [-0.15, -0.1) is 0 Å². The molecule has 0 aromatic rings. The summed E-state index contributed by atoms with van der Waals surface area (Å²) in [5, 5.41) is 4.10. The Morgan fingerprint density at radius 3 is 2.73 bits per heavy atom. The quantitative estimate of drug-likeness (QED) is 0.668. The van der Waals surface area contributed by atoms with E-state index in [0.29, 0.717) is 0 Å². The molecule has 0 saturated heterocycles. The monoisotopic (exact) mass is 210 g/mol. The van der Waals surface area contributed by atoms with Crippen molar-refractivity contribution in [1.82, 2.24) is 5.43 Å². The van der Waals surface area contributed by atoms with E-state index in [0.717, 1.165) is 31.4 Å². The van der Waals surface area contributed by atoms with Crippen molar-refractivity contribution in [2.24, 2.45) is 5.10 Å². The normalized spacial score (nSPS) is 28.1. The summed E-state index contributed by atoms with van der Waals surface area (Å²) in [5.74, 6) is 0. The van der Waals surface area contributed by atoms with Crippen LogP contribution in [0.3, 0.4) is 0 Å². The maximum absolute atomic E-state index is 11.0. The highest BCUT2D eigenvalue weighted by atomic mass is 16.6. The largest absolute Gasteiger partial charge is 0.439 e. The first kappa shape index (κ1) is 10.5. The van der Waals surface area contributed by atoms with E-state index in [1.54, 1.807) is 0 Å². The molecule has 1 fully saturated rings. The Bertz CT molecular complexity index is 263. The summed E-state index contributed by atoms with van der Waals surface area (Å²) in [7, 11) is 0. The smallest absolute Gasteiger partial charge is 0.428 e. The van der Waals surface area contributed by atoms with Gasteiger partial charge in [-0.25, -0.2) is 10.2 Å². The van der Waals surface area contributed by atoms with E-state index < -0.39 is 6.09 Å². The van der Waals surface area contributed by atoms with Gasteiger partial charge in [0.15, 0.2) is 0 Å². The molecule has 1 unspecified atom stereocenters. The van der Waals surface area contributed by atoms with Crippen molar-refractivity contribution in [2.75, 3.05) is 0 Å². The van der Waals surface area contributed by atoms with E-state index in [2.05, 4.69) is 10.5 Å². The molecule has 0 aromatic heterocycles. The molecule has 1 aliphatic heterocycles. The van der Waals surface area contributed by atoms with Crippen molar-refractivity contribution in [3.05, 3.63) is 0 Å². The molecule has 4 heteroatoms. The molecule has 0 spiro atoms. The minimum atomic E-state index is -0.402. The van der Waals surface area contributed by atoms with Gasteiger partial charge in [0.2, 0.25) is 0 Å². The number of carbonyl (C=O) groups is 1. The Labute approximate surface area is 90.1 Å². The van der Waals surface area contributed by atoms with Gasteiger partial charge in [-0.1, -0.05) is 25.7 Å². The Morgan fingerprint density at radius 1 is 1.13 bits per heavy atom. The van der Waals surface area contributed by atoms with Gasteiger partial charge in [0, 0.05) is 0 Å². The molecular weight excluding hydrogens is 192 g/mol. The molecular formula is C11H18N2O2. The number of rotatable bonds is 0. The average Bonchev–Trinajstić information content (AvgIpc) is 2.25. The second-order valence-electron chi connectivity index (χ2n) is 4.27. The third kappa shape index (κ3) is 2.94. The Kier molecular flexibility index (Phi) is 3.59. The number of carbonyl (C=O) groups excluding carboxylic acids is 1. The van der Waals surface area contributed by atoms with E-state index in [9.17, 15) is 4.79 Å². The van der Waals surface area contributed by atoms with Gasteiger partial charge in [-0.05, 0) is 25.7 Å². The van der Waals surface area contributed by atoms with Gasteiger partial charge in [-0.3, -0.25) is 0 Å². The topological polar surface area (TPSA) is 50.7 Å². The molecule has 1 saturated carbocycles. The number of hydrogen-bond donors (Lipinski definition) is 1. The van der Waals surface area contributed by atoms with Crippen LogP contribution in [0.25, 0.3) is 0 Å². The van der Waals surface area contributed by atoms with Crippen LogP contribution in [0.1, 0.15) is 51.4 Å². The van der Waals surface area contributed by atoms with Gasteiger partial charge in [0.1, 0.15) is 6.10 Å². The molecule has 1 heterocycles. The Balaban J connectivity index is 1.99. The minimum Gasteiger partial charge on any atom is -0.439 e. The first-order valence-electron chi connectivity index (χ1n) is 5.89. The van der Waals surface area contributed by atoms with Gasteiger partial charge in [-0.2, -0.15) is 5.10 Å². The van der Waals surface area contributed by atoms with Gasteiger partial charge >= 0.3 is 6.09 Å². The number of nitrogens with one attached hydrogen (secondary N) is 1. The summed E-state index contributed by atoms with van der Waals surface area (Å²) in [5.41, 5.74) is 3.42. The van der Waals surface area contributed by atoms with Crippen molar-refractivity contribution in [1.29, 1.82) is 0 Å². The summed E-state index contributed by atoms with van der Waals surface area (Å²) >= 11 is 0. The van der Waals surface area contributed by atoms with Crippen LogP contribution in [0, 0.1) is 0 Å². The van der Waals surface area contributed by atoms with E-state index in [1.165, 1.54) is 25.7 Å². The summed E-state index contributed by atoms with van der Waals surface area (Å²) in [6.45, 7) is 0. The molecule has 2 aliphatic rings.